The van der Waals surface area contributed by atoms with Crippen molar-refractivity contribution in [1.29, 1.82) is 0 Å². The van der Waals surface area contributed by atoms with E-state index in [1.807, 2.05) is 45.0 Å². The van der Waals surface area contributed by atoms with E-state index in [9.17, 15) is 9.59 Å². The second kappa shape index (κ2) is 9.00. The second-order valence-corrected chi connectivity index (χ2v) is 7.68. The van der Waals surface area contributed by atoms with Crippen molar-refractivity contribution in [2.45, 2.75) is 39.0 Å². The lowest BCUT2D eigenvalue weighted by molar-refractivity contribution is -0.116. The van der Waals surface area contributed by atoms with Crippen molar-refractivity contribution in [2.24, 2.45) is 0 Å². The smallest absolute Gasteiger partial charge is 0.350 e. The van der Waals surface area contributed by atoms with E-state index in [0.717, 1.165) is 16.9 Å². The Hall–Kier alpha value is -2.12. The van der Waals surface area contributed by atoms with Gasteiger partial charge in [-0.3, -0.25) is 4.79 Å². The van der Waals surface area contributed by atoms with Crippen LogP contribution in [0.15, 0.2) is 24.3 Å². The van der Waals surface area contributed by atoms with E-state index in [0.29, 0.717) is 27.8 Å². The lowest BCUT2D eigenvalue weighted by Crippen LogP contribution is -2.17. The number of thiazole rings is 1. The summed E-state index contributed by atoms with van der Waals surface area (Å²) in [6, 6.07) is 7.46. The molecule has 0 unspecified atom stereocenters. The molecule has 1 aromatic heterocycles. The number of methoxy groups -OCH3 is 1. The topological polar surface area (TPSA) is 94.3 Å². The fourth-order valence-corrected chi connectivity index (χ4v) is 3.42. The standard InChI is InChI=1S/C18H23N3O3S.ClH/c1-18(2,3)15-14(16(23)24-4)25-17(21-15)20-13(22)10-9-11-7-5-6-8-12(11)19;/h5-8H,9-10,19H2,1-4H3,(H,20,21,22);1H. The number of para-hydroxylation sites is 1. The molecule has 6 nitrogen and oxygen atoms in total. The van der Waals surface area contributed by atoms with Crippen molar-refractivity contribution in [2.75, 3.05) is 18.2 Å². The number of aryl methyl sites for hydroxylation is 1. The van der Waals surface area contributed by atoms with E-state index in [2.05, 4.69) is 10.3 Å². The fraction of sp³-hybridized carbons (Fsp3) is 0.389. The van der Waals surface area contributed by atoms with Crippen LogP contribution in [0.3, 0.4) is 0 Å². The van der Waals surface area contributed by atoms with Gasteiger partial charge in [0.25, 0.3) is 0 Å². The number of anilines is 2. The molecular formula is C18H24ClN3O3S. The first-order chi connectivity index (χ1) is 11.7. The molecule has 1 amide bonds. The molecule has 0 atom stereocenters. The summed E-state index contributed by atoms with van der Waals surface area (Å²) in [6.07, 6.45) is 0.825. The van der Waals surface area contributed by atoms with Gasteiger partial charge in [-0.1, -0.05) is 50.3 Å². The van der Waals surface area contributed by atoms with Crippen molar-refractivity contribution < 1.29 is 14.3 Å². The summed E-state index contributed by atoms with van der Waals surface area (Å²) in [6.45, 7) is 5.87. The summed E-state index contributed by atoms with van der Waals surface area (Å²) in [5.74, 6) is -0.617. The SMILES string of the molecule is COC(=O)c1sc(NC(=O)CCc2ccccc2N)nc1C(C)(C)C.Cl. The van der Waals surface area contributed by atoms with Gasteiger partial charge in [0.1, 0.15) is 4.88 Å². The number of amides is 1. The number of halogens is 1. The number of hydrogen-bond acceptors (Lipinski definition) is 6. The molecule has 0 saturated heterocycles. The number of nitrogen functional groups attached to an aromatic ring is 1. The van der Waals surface area contributed by atoms with Gasteiger partial charge in [-0.15, -0.1) is 12.4 Å². The molecule has 0 aliphatic rings. The maximum Gasteiger partial charge on any atom is 0.350 e. The van der Waals surface area contributed by atoms with Crippen LogP contribution in [-0.2, 0) is 21.4 Å². The number of nitrogens with one attached hydrogen (secondary N) is 1. The van der Waals surface area contributed by atoms with Gasteiger partial charge in [-0.05, 0) is 18.1 Å². The molecule has 0 aliphatic carbocycles. The number of carbonyl (C=O) groups excluding carboxylic acids is 2. The van der Waals surface area contributed by atoms with Gasteiger partial charge < -0.3 is 15.8 Å². The van der Waals surface area contributed by atoms with Gasteiger partial charge in [0, 0.05) is 17.5 Å². The van der Waals surface area contributed by atoms with Crippen molar-refractivity contribution >= 4 is 46.4 Å². The summed E-state index contributed by atoms with van der Waals surface area (Å²) in [4.78, 5) is 29.0. The zero-order valence-corrected chi connectivity index (χ0v) is 16.9. The van der Waals surface area contributed by atoms with Crippen molar-refractivity contribution in [1.82, 2.24) is 4.98 Å². The molecule has 8 heteroatoms. The van der Waals surface area contributed by atoms with Gasteiger partial charge in [-0.25, -0.2) is 9.78 Å². The predicted molar refractivity (Wildman–Crippen MR) is 107 cm³/mol. The molecule has 0 bridgehead atoms. The summed E-state index contributed by atoms with van der Waals surface area (Å²) in [5, 5.41) is 3.16. The fourth-order valence-electron chi connectivity index (χ4n) is 2.30. The Balaban J connectivity index is 0.00000338. The van der Waals surface area contributed by atoms with Crippen LogP contribution in [0.5, 0.6) is 0 Å². The van der Waals surface area contributed by atoms with E-state index >= 15 is 0 Å². The highest BCUT2D eigenvalue weighted by Crippen LogP contribution is 2.32. The molecule has 2 rings (SSSR count). The van der Waals surface area contributed by atoms with Crippen LogP contribution in [-0.4, -0.2) is 24.0 Å². The van der Waals surface area contributed by atoms with Crippen LogP contribution in [0.4, 0.5) is 10.8 Å². The van der Waals surface area contributed by atoms with Crippen molar-refractivity contribution in [3.05, 3.63) is 40.4 Å². The van der Waals surface area contributed by atoms with Gasteiger partial charge in [0.15, 0.2) is 5.13 Å². The third-order valence-corrected chi connectivity index (χ3v) is 4.58. The number of rotatable bonds is 5. The minimum atomic E-state index is -0.444. The molecule has 0 aliphatic heterocycles. The Bertz CT molecular complexity index is 784. The third kappa shape index (κ3) is 5.44. The van der Waals surface area contributed by atoms with Gasteiger partial charge in [-0.2, -0.15) is 0 Å². The van der Waals surface area contributed by atoms with Crippen LogP contribution in [0.25, 0.3) is 0 Å². The number of nitrogens with two attached hydrogens (primary N) is 1. The lowest BCUT2D eigenvalue weighted by Gasteiger charge is -2.16. The van der Waals surface area contributed by atoms with Gasteiger partial charge in [0.05, 0.1) is 12.8 Å². The molecule has 0 saturated carbocycles. The van der Waals surface area contributed by atoms with E-state index < -0.39 is 5.97 Å². The summed E-state index contributed by atoms with van der Waals surface area (Å²) < 4.78 is 4.81. The number of aromatic nitrogens is 1. The number of hydrogen-bond donors (Lipinski definition) is 2. The van der Waals surface area contributed by atoms with E-state index in [1.54, 1.807) is 0 Å². The summed E-state index contributed by atoms with van der Waals surface area (Å²) >= 11 is 1.13. The monoisotopic (exact) mass is 397 g/mol. The quantitative estimate of drug-likeness (QED) is 0.591. The first kappa shape index (κ1) is 21.9. The molecule has 3 N–H and O–H groups in total. The Kier molecular flexibility index (Phi) is 7.59. The van der Waals surface area contributed by atoms with Crippen molar-refractivity contribution in [3.63, 3.8) is 0 Å². The summed E-state index contributed by atoms with van der Waals surface area (Å²) in [7, 11) is 1.33. The maximum absolute atomic E-state index is 12.2. The Morgan fingerprint density at radius 1 is 1.27 bits per heavy atom. The molecule has 1 heterocycles. The predicted octanol–water partition coefficient (Wildman–Crippen LogP) is 3.80. The Labute approximate surface area is 163 Å². The molecule has 2 aromatic rings. The second-order valence-electron chi connectivity index (χ2n) is 6.69. The first-order valence-corrected chi connectivity index (χ1v) is 8.77. The highest BCUT2D eigenvalue weighted by molar-refractivity contribution is 7.17. The molecule has 0 radical (unpaired) electrons. The Morgan fingerprint density at radius 2 is 1.92 bits per heavy atom. The van der Waals surface area contributed by atoms with E-state index in [-0.39, 0.29) is 30.2 Å². The van der Waals surface area contributed by atoms with Crippen LogP contribution in [0.2, 0.25) is 0 Å². The maximum atomic E-state index is 12.2. The number of ether oxygens (including phenoxy) is 1. The third-order valence-electron chi connectivity index (χ3n) is 3.63. The average molecular weight is 398 g/mol. The highest BCUT2D eigenvalue weighted by atomic mass is 35.5. The van der Waals surface area contributed by atoms with E-state index in [1.165, 1.54) is 7.11 Å². The van der Waals surface area contributed by atoms with Crippen LogP contribution < -0.4 is 11.1 Å². The first-order valence-electron chi connectivity index (χ1n) is 7.95. The largest absolute Gasteiger partial charge is 0.465 e. The molecule has 26 heavy (non-hydrogen) atoms. The molecular weight excluding hydrogens is 374 g/mol. The van der Waals surface area contributed by atoms with Crippen LogP contribution in [0, 0.1) is 0 Å². The summed E-state index contributed by atoms with van der Waals surface area (Å²) in [5.41, 5.74) is 7.78. The number of nitrogens with zero attached hydrogens (tertiary/aromatic N) is 1. The highest BCUT2D eigenvalue weighted by Gasteiger charge is 2.28. The minimum absolute atomic E-state index is 0. The van der Waals surface area contributed by atoms with Gasteiger partial charge >= 0.3 is 5.97 Å². The van der Waals surface area contributed by atoms with Crippen LogP contribution in [0.1, 0.15) is 48.1 Å². The lowest BCUT2D eigenvalue weighted by atomic mass is 9.91. The van der Waals surface area contributed by atoms with Gasteiger partial charge in [0.2, 0.25) is 5.91 Å². The molecule has 0 spiro atoms. The van der Waals surface area contributed by atoms with Crippen molar-refractivity contribution in [3.8, 4) is 0 Å². The molecule has 1 aromatic carbocycles. The Morgan fingerprint density at radius 3 is 2.50 bits per heavy atom. The molecule has 0 fully saturated rings. The number of carbonyl (C=O) groups is 2. The normalized spacial score (nSPS) is 10.8. The van der Waals surface area contributed by atoms with E-state index in [4.69, 9.17) is 10.5 Å². The zero-order valence-electron chi connectivity index (χ0n) is 15.3. The number of benzene rings is 1. The zero-order chi connectivity index (χ0) is 18.6. The van der Waals surface area contributed by atoms with Crippen LogP contribution >= 0.6 is 23.7 Å². The minimum Gasteiger partial charge on any atom is -0.465 e. The average Bonchev–Trinajstić information content (AvgIpc) is 2.97. The number of esters is 1. The molecule has 142 valence electrons.